The molecule has 0 unspecified atom stereocenters. The molecule has 1 saturated carbocycles. The minimum atomic E-state index is -0.0592. The Labute approximate surface area is 195 Å². The number of hydrogen-bond donors (Lipinski definition) is 2. The molecule has 0 aromatic heterocycles. The molecular formula is C27H32N4O2. The number of fused-ring (bicyclic) bond motifs is 3. The number of likely N-dealkylation sites (N-methyl/N-ethyl adjacent to an activating group) is 1. The lowest BCUT2D eigenvalue weighted by atomic mass is 9.81. The molecular weight excluding hydrogens is 412 g/mol. The largest absolute Gasteiger partial charge is 0.394 e. The van der Waals surface area contributed by atoms with Crippen LogP contribution in [-0.2, 0) is 0 Å². The molecule has 6 heteroatoms. The maximum atomic E-state index is 13.4. The average Bonchev–Trinajstić information content (AvgIpc) is 3.30. The molecule has 2 amide bonds. The Morgan fingerprint density at radius 1 is 1.12 bits per heavy atom. The van der Waals surface area contributed by atoms with Gasteiger partial charge in [-0.3, -0.25) is 0 Å². The standard InChI is InChI=1S/C27H32N4O2/c1-30-24-11-10-20(19-7-5-6-18(14-19)16-28)15-23(24)26-22(25(30)17-32)12-13-31(26)27(33)29-21-8-3-2-4-9-21/h5-7,10-11,14-15,21-22,25-26,32H,2-4,8-9,12-13,17H2,1H3,(H,29,33)/t22-,25+,26-/m1/s1. The average molecular weight is 445 g/mol. The molecule has 2 aromatic rings. The van der Waals surface area contributed by atoms with Gasteiger partial charge < -0.3 is 20.2 Å². The van der Waals surface area contributed by atoms with Gasteiger partial charge in [-0.1, -0.05) is 37.5 Å². The maximum Gasteiger partial charge on any atom is 0.318 e. The van der Waals surface area contributed by atoms with Crippen LogP contribution in [-0.4, -0.2) is 48.3 Å². The molecule has 2 N–H and O–H groups in total. The monoisotopic (exact) mass is 444 g/mol. The first-order valence-corrected chi connectivity index (χ1v) is 12.2. The number of amides is 2. The number of hydrogen-bond acceptors (Lipinski definition) is 4. The SMILES string of the molecule is CN1c2ccc(-c3cccc(C#N)c3)cc2[C@H]2[C@H](CCN2C(=O)NC2CCCCC2)[C@@H]1CO. The van der Waals surface area contributed by atoms with Crippen molar-refractivity contribution in [1.29, 1.82) is 5.26 Å². The zero-order chi connectivity index (χ0) is 22.9. The summed E-state index contributed by atoms with van der Waals surface area (Å²) in [4.78, 5) is 17.6. The summed E-state index contributed by atoms with van der Waals surface area (Å²) in [6, 6.07) is 16.4. The molecule has 0 radical (unpaired) electrons. The lowest BCUT2D eigenvalue weighted by Gasteiger charge is -2.44. The first-order valence-electron chi connectivity index (χ1n) is 12.2. The van der Waals surface area contributed by atoms with Crippen molar-refractivity contribution in [3.8, 4) is 17.2 Å². The summed E-state index contributed by atoms with van der Waals surface area (Å²) < 4.78 is 0. The number of carbonyl (C=O) groups is 1. The zero-order valence-corrected chi connectivity index (χ0v) is 19.2. The van der Waals surface area contributed by atoms with E-state index in [1.807, 2.05) is 36.2 Å². The van der Waals surface area contributed by atoms with Gasteiger partial charge in [0.15, 0.2) is 0 Å². The molecule has 6 nitrogen and oxygen atoms in total. The van der Waals surface area contributed by atoms with Crippen molar-refractivity contribution in [2.45, 2.75) is 56.7 Å². The highest BCUT2D eigenvalue weighted by atomic mass is 16.3. The van der Waals surface area contributed by atoms with Crippen molar-refractivity contribution >= 4 is 11.7 Å². The molecule has 0 spiro atoms. The minimum Gasteiger partial charge on any atom is -0.394 e. The third kappa shape index (κ3) is 3.95. The number of carbonyl (C=O) groups excluding carboxylic acids is 1. The second-order valence-corrected chi connectivity index (χ2v) is 9.70. The van der Waals surface area contributed by atoms with Gasteiger partial charge in [-0.15, -0.1) is 0 Å². The van der Waals surface area contributed by atoms with Crippen molar-refractivity contribution < 1.29 is 9.90 Å². The van der Waals surface area contributed by atoms with Crippen LogP contribution in [0.25, 0.3) is 11.1 Å². The Hall–Kier alpha value is -3.04. The Balaban J connectivity index is 1.51. The van der Waals surface area contributed by atoms with Crippen LogP contribution in [0.5, 0.6) is 0 Å². The highest BCUT2D eigenvalue weighted by molar-refractivity contribution is 5.78. The fourth-order valence-electron chi connectivity index (χ4n) is 6.13. The first-order chi connectivity index (χ1) is 16.1. The third-order valence-electron chi connectivity index (χ3n) is 7.87. The zero-order valence-electron chi connectivity index (χ0n) is 19.2. The minimum absolute atomic E-state index is 0.0113. The summed E-state index contributed by atoms with van der Waals surface area (Å²) in [5, 5.41) is 22.8. The van der Waals surface area contributed by atoms with E-state index in [1.54, 1.807) is 0 Å². The smallest absolute Gasteiger partial charge is 0.318 e. The van der Waals surface area contributed by atoms with Gasteiger partial charge in [0.2, 0.25) is 0 Å². The van der Waals surface area contributed by atoms with Crippen molar-refractivity contribution in [2.24, 2.45) is 5.92 Å². The van der Waals surface area contributed by atoms with E-state index in [9.17, 15) is 15.2 Å². The molecule has 172 valence electrons. The number of nitriles is 1. The number of anilines is 1. The number of benzene rings is 2. The predicted molar refractivity (Wildman–Crippen MR) is 129 cm³/mol. The van der Waals surface area contributed by atoms with Crippen LogP contribution in [0.4, 0.5) is 10.5 Å². The lowest BCUT2D eigenvalue weighted by molar-refractivity contribution is 0.156. The van der Waals surface area contributed by atoms with E-state index in [1.165, 1.54) is 19.3 Å². The molecule has 2 fully saturated rings. The van der Waals surface area contributed by atoms with E-state index >= 15 is 0 Å². The Morgan fingerprint density at radius 2 is 1.91 bits per heavy atom. The predicted octanol–water partition coefficient (Wildman–Crippen LogP) is 4.44. The first kappa shape index (κ1) is 21.8. The fourth-order valence-corrected chi connectivity index (χ4v) is 6.13. The summed E-state index contributed by atoms with van der Waals surface area (Å²) in [5.74, 6) is 0.185. The van der Waals surface area contributed by atoms with Crippen LogP contribution in [0.1, 0.15) is 55.7 Å². The van der Waals surface area contributed by atoms with Gasteiger partial charge in [-0.05, 0) is 60.2 Å². The molecule has 2 aliphatic heterocycles. The number of nitrogens with zero attached hydrogens (tertiary/aromatic N) is 3. The van der Waals surface area contributed by atoms with Gasteiger partial charge in [0.1, 0.15) is 0 Å². The van der Waals surface area contributed by atoms with Crippen molar-refractivity contribution in [3.05, 3.63) is 53.6 Å². The van der Waals surface area contributed by atoms with E-state index in [2.05, 4.69) is 34.5 Å². The number of urea groups is 1. The summed E-state index contributed by atoms with van der Waals surface area (Å²) in [5.41, 5.74) is 4.86. The summed E-state index contributed by atoms with van der Waals surface area (Å²) in [7, 11) is 2.04. The summed E-state index contributed by atoms with van der Waals surface area (Å²) in [6.07, 6.45) is 6.63. The van der Waals surface area contributed by atoms with Gasteiger partial charge in [0.25, 0.3) is 0 Å². The fraction of sp³-hybridized carbons (Fsp3) is 0.481. The van der Waals surface area contributed by atoms with Crippen LogP contribution in [0.3, 0.4) is 0 Å². The summed E-state index contributed by atoms with van der Waals surface area (Å²) >= 11 is 0. The molecule has 33 heavy (non-hydrogen) atoms. The van der Waals surface area contributed by atoms with Crippen LogP contribution in [0.15, 0.2) is 42.5 Å². The lowest BCUT2D eigenvalue weighted by Crippen LogP contribution is -2.50. The van der Waals surface area contributed by atoms with E-state index in [0.717, 1.165) is 41.6 Å². The van der Waals surface area contributed by atoms with Crippen molar-refractivity contribution in [2.75, 3.05) is 25.1 Å². The molecule has 1 aliphatic carbocycles. The second kappa shape index (κ2) is 9.07. The molecule has 1 saturated heterocycles. The molecule has 2 heterocycles. The van der Waals surface area contributed by atoms with E-state index in [4.69, 9.17) is 0 Å². The van der Waals surface area contributed by atoms with Crippen LogP contribution >= 0.6 is 0 Å². The number of nitrogens with one attached hydrogen (secondary N) is 1. The van der Waals surface area contributed by atoms with Gasteiger partial charge in [-0.2, -0.15) is 5.26 Å². The van der Waals surface area contributed by atoms with E-state index in [-0.39, 0.29) is 36.7 Å². The van der Waals surface area contributed by atoms with Crippen molar-refractivity contribution in [3.63, 3.8) is 0 Å². The quantitative estimate of drug-likeness (QED) is 0.733. The number of likely N-dealkylation sites (tertiary alicyclic amines) is 1. The van der Waals surface area contributed by atoms with Gasteiger partial charge in [0.05, 0.1) is 30.3 Å². The van der Waals surface area contributed by atoms with Gasteiger partial charge in [0, 0.05) is 31.2 Å². The maximum absolute atomic E-state index is 13.4. The Kier molecular flexibility index (Phi) is 5.99. The number of aliphatic hydroxyl groups is 1. The Morgan fingerprint density at radius 3 is 2.67 bits per heavy atom. The highest BCUT2D eigenvalue weighted by Crippen LogP contribution is 2.49. The van der Waals surface area contributed by atoms with Gasteiger partial charge >= 0.3 is 6.03 Å². The number of aliphatic hydroxyl groups excluding tert-OH is 1. The van der Waals surface area contributed by atoms with Crippen molar-refractivity contribution in [1.82, 2.24) is 10.2 Å². The highest BCUT2D eigenvalue weighted by Gasteiger charge is 2.47. The van der Waals surface area contributed by atoms with E-state index < -0.39 is 0 Å². The molecule has 2 aromatic carbocycles. The van der Waals surface area contributed by atoms with Crippen LogP contribution in [0, 0.1) is 17.2 Å². The van der Waals surface area contributed by atoms with Crippen LogP contribution in [0.2, 0.25) is 0 Å². The number of rotatable bonds is 3. The molecule has 3 atom stereocenters. The second-order valence-electron chi connectivity index (χ2n) is 9.70. The summed E-state index contributed by atoms with van der Waals surface area (Å²) in [6.45, 7) is 0.771. The molecule has 3 aliphatic rings. The molecule has 5 rings (SSSR count). The normalized spacial score (nSPS) is 24.7. The topological polar surface area (TPSA) is 79.6 Å². The van der Waals surface area contributed by atoms with Gasteiger partial charge in [-0.25, -0.2) is 4.79 Å². The Bertz CT molecular complexity index is 1070. The van der Waals surface area contributed by atoms with Crippen LogP contribution < -0.4 is 10.2 Å². The third-order valence-corrected chi connectivity index (χ3v) is 7.87. The molecule has 0 bridgehead atoms. The van der Waals surface area contributed by atoms with E-state index in [0.29, 0.717) is 12.1 Å².